The lowest BCUT2D eigenvalue weighted by atomic mass is 9.93. The number of halogens is 4. The zero-order chi connectivity index (χ0) is 16.1. The summed E-state index contributed by atoms with van der Waals surface area (Å²) >= 11 is 1.83. The van der Waals surface area contributed by atoms with Gasteiger partial charge in [-0.1, -0.05) is 0 Å². The van der Waals surface area contributed by atoms with E-state index in [1.165, 1.54) is 12.1 Å². The Labute approximate surface area is 137 Å². The van der Waals surface area contributed by atoms with Crippen LogP contribution in [-0.2, 0) is 6.42 Å². The first kappa shape index (κ1) is 15.1. The van der Waals surface area contributed by atoms with Crippen molar-refractivity contribution < 1.29 is 18.0 Å². The topological polar surface area (TPSA) is 45.8 Å². The molecule has 3 rings (SSSR count). The predicted molar refractivity (Wildman–Crippen MR) is 80.8 cm³/mol. The van der Waals surface area contributed by atoms with Crippen LogP contribution in [0.2, 0.25) is 0 Å². The highest BCUT2D eigenvalue weighted by molar-refractivity contribution is 14.1. The van der Waals surface area contributed by atoms with Crippen molar-refractivity contribution in [3.8, 4) is 11.8 Å². The van der Waals surface area contributed by atoms with E-state index in [9.17, 15) is 18.0 Å². The van der Waals surface area contributed by atoms with E-state index in [-0.39, 0.29) is 17.5 Å². The standard InChI is InChI=1S/C15H8F3IN2O/c16-10-2-1-9(5-8(10)6-20)21-7-11(19)13-12(21)3-4-15(17,18)14(13)22/h1-2,5,7H,3-4H2. The maximum Gasteiger partial charge on any atom is 0.310 e. The van der Waals surface area contributed by atoms with Gasteiger partial charge in [-0.2, -0.15) is 14.0 Å². The zero-order valence-corrected chi connectivity index (χ0v) is 13.2. The molecule has 1 aromatic carbocycles. The Morgan fingerprint density at radius 1 is 1.36 bits per heavy atom. The number of carbonyl (C=O) groups excluding carboxylic acids is 1. The minimum atomic E-state index is -3.35. The number of nitrogens with zero attached hydrogens (tertiary/aromatic N) is 2. The molecular formula is C15H8F3IN2O. The van der Waals surface area contributed by atoms with E-state index in [0.29, 0.717) is 15.0 Å². The summed E-state index contributed by atoms with van der Waals surface area (Å²) in [6, 6.07) is 5.67. The molecule has 112 valence electrons. The summed E-state index contributed by atoms with van der Waals surface area (Å²) in [5.41, 5.74) is 0.813. The number of nitriles is 1. The molecule has 1 aliphatic rings. The molecule has 7 heteroatoms. The highest BCUT2D eigenvalue weighted by Crippen LogP contribution is 2.37. The monoisotopic (exact) mass is 416 g/mol. The summed E-state index contributed by atoms with van der Waals surface area (Å²) in [5, 5.41) is 8.89. The number of carbonyl (C=O) groups is 1. The van der Waals surface area contributed by atoms with Crippen LogP contribution in [0.15, 0.2) is 24.4 Å². The first-order chi connectivity index (χ1) is 10.3. The normalized spacial score (nSPS) is 16.2. The molecule has 0 radical (unpaired) electrons. The Morgan fingerprint density at radius 2 is 2.09 bits per heavy atom. The second-order valence-corrected chi connectivity index (χ2v) is 6.14. The number of hydrogen-bond acceptors (Lipinski definition) is 2. The number of aromatic nitrogens is 1. The minimum Gasteiger partial charge on any atom is -0.319 e. The first-order valence-corrected chi connectivity index (χ1v) is 7.45. The van der Waals surface area contributed by atoms with Crippen LogP contribution in [0.3, 0.4) is 0 Å². The smallest absolute Gasteiger partial charge is 0.310 e. The Hall–Kier alpha value is -1.82. The number of fused-ring (bicyclic) bond motifs is 1. The van der Waals surface area contributed by atoms with Crippen LogP contribution < -0.4 is 0 Å². The molecule has 0 saturated carbocycles. The molecule has 0 aliphatic heterocycles. The number of benzene rings is 1. The molecule has 1 heterocycles. The summed E-state index contributed by atoms with van der Waals surface area (Å²) in [5.74, 6) is -5.18. The molecule has 1 aromatic heterocycles. The molecule has 0 atom stereocenters. The van der Waals surface area contributed by atoms with Crippen molar-refractivity contribution >= 4 is 28.4 Å². The van der Waals surface area contributed by atoms with Crippen LogP contribution in [-0.4, -0.2) is 16.3 Å². The fourth-order valence-corrected chi connectivity index (χ4v) is 3.38. The molecule has 2 aromatic rings. The summed E-state index contributed by atoms with van der Waals surface area (Å²) in [6.07, 6.45) is 1.04. The van der Waals surface area contributed by atoms with Gasteiger partial charge in [-0.05, 0) is 47.2 Å². The summed E-state index contributed by atoms with van der Waals surface area (Å²) in [7, 11) is 0. The van der Waals surface area contributed by atoms with Gasteiger partial charge in [0.05, 0.1) is 11.1 Å². The largest absolute Gasteiger partial charge is 0.319 e. The van der Waals surface area contributed by atoms with E-state index in [0.717, 1.165) is 6.07 Å². The molecule has 0 unspecified atom stereocenters. The lowest BCUT2D eigenvalue weighted by molar-refractivity contribution is 0.00165. The van der Waals surface area contributed by atoms with Gasteiger partial charge < -0.3 is 4.57 Å². The van der Waals surface area contributed by atoms with Gasteiger partial charge >= 0.3 is 5.92 Å². The van der Waals surface area contributed by atoms with Crippen LogP contribution in [0.5, 0.6) is 0 Å². The van der Waals surface area contributed by atoms with E-state index in [1.807, 2.05) is 22.6 Å². The third-order valence-electron chi connectivity index (χ3n) is 3.64. The summed E-state index contributed by atoms with van der Waals surface area (Å²) < 4.78 is 42.6. The molecule has 0 amide bonds. The lowest BCUT2D eigenvalue weighted by Gasteiger charge is -2.22. The summed E-state index contributed by atoms with van der Waals surface area (Å²) in [6.45, 7) is 0. The molecule has 1 aliphatic carbocycles. The number of Topliss-reactive ketones (excluding diaryl/α,β-unsaturated/α-hetero) is 1. The van der Waals surface area contributed by atoms with E-state index in [4.69, 9.17) is 5.26 Å². The number of alkyl halides is 2. The Balaban J connectivity index is 2.18. The van der Waals surface area contributed by atoms with Gasteiger partial charge in [0.2, 0.25) is 5.78 Å². The molecule has 3 nitrogen and oxygen atoms in total. The average Bonchev–Trinajstić information content (AvgIpc) is 2.81. The van der Waals surface area contributed by atoms with Crippen molar-refractivity contribution in [1.82, 2.24) is 4.57 Å². The highest BCUT2D eigenvalue weighted by atomic mass is 127. The van der Waals surface area contributed by atoms with Gasteiger partial charge in [0, 0.05) is 27.6 Å². The molecule has 0 N–H and O–H groups in total. The van der Waals surface area contributed by atoms with Crippen molar-refractivity contribution in [3.05, 3.63) is 50.6 Å². The van der Waals surface area contributed by atoms with E-state index >= 15 is 0 Å². The molecule has 0 bridgehead atoms. The van der Waals surface area contributed by atoms with Crippen LogP contribution >= 0.6 is 22.6 Å². The first-order valence-electron chi connectivity index (χ1n) is 6.37. The maximum absolute atomic E-state index is 13.6. The molecule has 0 spiro atoms. The van der Waals surface area contributed by atoms with Crippen LogP contribution in [0, 0.1) is 20.7 Å². The SMILES string of the molecule is N#Cc1cc(-n2cc(I)c3c2CCC(F)(F)C3=O)ccc1F. The summed E-state index contributed by atoms with van der Waals surface area (Å²) in [4.78, 5) is 11.9. The molecular weight excluding hydrogens is 408 g/mol. The Morgan fingerprint density at radius 3 is 2.77 bits per heavy atom. The van der Waals surface area contributed by atoms with Crippen LogP contribution in [0.25, 0.3) is 5.69 Å². The third kappa shape index (κ3) is 2.22. The van der Waals surface area contributed by atoms with Crippen LogP contribution in [0.4, 0.5) is 13.2 Å². The highest BCUT2D eigenvalue weighted by Gasteiger charge is 2.45. The van der Waals surface area contributed by atoms with Crippen molar-refractivity contribution in [3.63, 3.8) is 0 Å². The zero-order valence-electron chi connectivity index (χ0n) is 11.0. The molecule has 0 fully saturated rings. The second kappa shape index (κ2) is 5.12. The van der Waals surface area contributed by atoms with Gasteiger partial charge in [-0.25, -0.2) is 4.39 Å². The molecule has 22 heavy (non-hydrogen) atoms. The van der Waals surface area contributed by atoms with E-state index < -0.39 is 23.9 Å². The van der Waals surface area contributed by atoms with E-state index in [2.05, 4.69) is 0 Å². The minimum absolute atomic E-state index is 0.0136. The number of rotatable bonds is 1. The number of ketones is 1. The third-order valence-corrected chi connectivity index (χ3v) is 4.46. The van der Waals surface area contributed by atoms with Crippen molar-refractivity contribution in [2.45, 2.75) is 18.8 Å². The molecule has 0 saturated heterocycles. The van der Waals surface area contributed by atoms with Crippen molar-refractivity contribution in [1.29, 1.82) is 5.26 Å². The van der Waals surface area contributed by atoms with Gasteiger partial charge in [0.1, 0.15) is 11.9 Å². The van der Waals surface area contributed by atoms with Gasteiger partial charge in [-0.3, -0.25) is 4.79 Å². The average molecular weight is 416 g/mol. The number of hydrogen-bond donors (Lipinski definition) is 0. The van der Waals surface area contributed by atoms with Crippen molar-refractivity contribution in [2.24, 2.45) is 0 Å². The van der Waals surface area contributed by atoms with Crippen molar-refractivity contribution in [2.75, 3.05) is 0 Å². The van der Waals surface area contributed by atoms with Gasteiger partial charge in [0.25, 0.3) is 0 Å². The van der Waals surface area contributed by atoms with Gasteiger partial charge in [0.15, 0.2) is 0 Å². The fourth-order valence-electron chi connectivity index (χ4n) is 2.55. The second-order valence-electron chi connectivity index (χ2n) is 4.98. The van der Waals surface area contributed by atoms with Gasteiger partial charge in [-0.15, -0.1) is 0 Å². The Bertz CT molecular complexity index is 836. The quantitative estimate of drug-likeness (QED) is 0.664. The van der Waals surface area contributed by atoms with Crippen LogP contribution in [0.1, 0.15) is 28.0 Å². The predicted octanol–water partition coefficient (Wildman–Crippen LogP) is 3.86. The fraction of sp³-hybridized carbons (Fsp3) is 0.200. The maximum atomic E-state index is 13.6. The Kier molecular flexibility index (Phi) is 3.51. The lowest BCUT2D eigenvalue weighted by Crippen LogP contribution is -2.34. The van der Waals surface area contributed by atoms with E-state index in [1.54, 1.807) is 16.8 Å².